The van der Waals surface area contributed by atoms with Gasteiger partial charge in [0.05, 0.1) is 25.9 Å². The monoisotopic (exact) mass is 782 g/mol. The first-order chi connectivity index (χ1) is 28.3. The van der Waals surface area contributed by atoms with Gasteiger partial charge in [-0.25, -0.2) is 9.59 Å². The quantitative estimate of drug-likeness (QED) is 0.103. The Morgan fingerprint density at radius 3 is 2.03 bits per heavy atom. The van der Waals surface area contributed by atoms with Gasteiger partial charge in [-0.05, 0) is 45.0 Å². The smallest absolute Gasteiger partial charge is 0.328 e. The molecular formula is C48H54N4O6. The molecule has 2 aliphatic rings. The van der Waals surface area contributed by atoms with Crippen LogP contribution in [0.4, 0.5) is 4.79 Å². The lowest BCUT2D eigenvalue weighted by molar-refractivity contribution is -0.276. The Bertz CT molecular complexity index is 2060. The minimum atomic E-state index is -0.809. The van der Waals surface area contributed by atoms with Crippen LogP contribution in [0.15, 0.2) is 133 Å². The standard InChI is InChI=1S/C48H54N4O6/c1-34-44(32-52-26-24-51(25-27-52)31-36-12-7-4-8-13-36)57-47(58-45(34)40-18-16-37(33-53)17-19-40)41-22-20-39(21-23-41)42-15-9-14-38(28-42)30-49-48(55)50-43(46(54)56-2)29-35-10-5-3-6-11-35/h3-23,28,34,43-45,47,53H,24-27,29-33H2,1-2H3,(H2,49,50,55). The van der Waals surface area contributed by atoms with Crippen LogP contribution in [0.25, 0.3) is 11.1 Å². The number of aliphatic hydroxyl groups excluding tert-OH is 1. The van der Waals surface area contributed by atoms with Crippen LogP contribution >= 0.6 is 0 Å². The molecule has 2 saturated heterocycles. The van der Waals surface area contributed by atoms with Gasteiger partial charge in [0.2, 0.25) is 0 Å². The van der Waals surface area contributed by atoms with Gasteiger partial charge in [0.25, 0.3) is 0 Å². The maximum atomic E-state index is 12.9. The molecule has 0 spiro atoms. The fourth-order valence-electron chi connectivity index (χ4n) is 7.82. The van der Waals surface area contributed by atoms with Gasteiger partial charge in [-0.1, -0.05) is 134 Å². The van der Waals surface area contributed by atoms with E-state index in [1.807, 2.05) is 66.7 Å². The van der Waals surface area contributed by atoms with E-state index >= 15 is 0 Å². The maximum Gasteiger partial charge on any atom is 0.328 e. The lowest BCUT2D eigenvalue weighted by atomic mass is 9.89. The van der Waals surface area contributed by atoms with Crippen LogP contribution < -0.4 is 10.6 Å². The van der Waals surface area contributed by atoms with Crippen molar-refractivity contribution >= 4 is 12.0 Å². The second-order valence-corrected chi connectivity index (χ2v) is 15.3. The molecule has 2 heterocycles. The molecule has 58 heavy (non-hydrogen) atoms. The van der Waals surface area contributed by atoms with Gasteiger partial charge >= 0.3 is 12.0 Å². The zero-order chi connectivity index (χ0) is 40.3. The summed E-state index contributed by atoms with van der Waals surface area (Å²) in [5.41, 5.74) is 8.10. The highest BCUT2D eigenvalue weighted by Crippen LogP contribution is 2.42. The number of hydrogen-bond donors (Lipinski definition) is 3. The molecule has 10 heteroatoms. The Kier molecular flexibility index (Phi) is 14.0. The van der Waals surface area contributed by atoms with E-state index in [-0.39, 0.29) is 31.3 Å². The third-order valence-corrected chi connectivity index (χ3v) is 11.2. The zero-order valence-electron chi connectivity index (χ0n) is 33.3. The summed E-state index contributed by atoms with van der Waals surface area (Å²) in [4.78, 5) is 30.4. The maximum absolute atomic E-state index is 12.9. The molecule has 0 aliphatic carbocycles. The topological polar surface area (TPSA) is 113 Å². The van der Waals surface area contributed by atoms with E-state index in [1.54, 1.807) is 0 Å². The van der Waals surface area contributed by atoms with Gasteiger partial charge in [0.1, 0.15) is 6.04 Å². The molecule has 5 aromatic carbocycles. The molecule has 5 aromatic rings. The Morgan fingerprint density at radius 2 is 1.36 bits per heavy atom. The first kappa shape index (κ1) is 40.8. The number of carbonyl (C=O) groups excluding carboxylic acids is 2. The molecule has 0 radical (unpaired) electrons. The van der Waals surface area contributed by atoms with E-state index in [0.717, 1.165) is 78.2 Å². The van der Waals surface area contributed by atoms with Crippen molar-refractivity contribution in [2.75, 3.05) is 39.8 Å². The van der Waals surface area contributed by atoms with Crippen LogP contribution in [-0.2, 0) is 45.1 Å². The normalized spacial score (nSPS) is 20.5. The number of rotatable bonds is 14. The molecule has 3 N–H and O–H groups in total. The van der Waals surface area contributed by atoms with Gasteiger partial charge in [-0.15, -0.1) is 0 Å². The molecule has 7 rings (SSSR count). The van der Waals surface area contributed by atoms with Gasteiger partial charge < -0.3 is 30.0 Å². The summed E-state index contributed by atoms with van der Waals surface area (Å²) in [6, 6.07) is 43.3. The number of urea groups is 1. The number of nitrogens with one attached hydrogen (secondary N) is 2. The van der Waals surface area contributed by atoms with Crippen molar-refractivity contribution < 1.29 is 28.9 Å². The molecule has 5 atom stereocenters. The number of piperazine rings is 1. The molecule has 10 nitrogen and oxygen atoms in total. The lowest BCUT2D eigenvalue weighted by Crippen LogP contribution is -2.51. The van der Waals surface area contributed by atoms with Crippen LogP contribution in [0.2, 0.25) is 0 Å². The molecule has 0 saturated carbocycles. The van der Waals surface area contributed by atoms with Crippen molar-refractivity contribution in [1.82, 2.24) is 20.4 Å². The van der Waals surface area contributed by atoms with Crippen molar-refractivity contribution in [3.05, 3.63) is 167 Å². The second kappa shape index (κ2) is 19.9. The predicted molar refractivity (Wildman–Crippen MR) is 224 cm³/mol. The third kappa shape index (κ3) is 10.8. The van der Waals surface area contributed by atoms with Crippen LogP contribution in [0, 0.1) is 5.92 Å². The molecule has 2 aliphatic heterocycles. The number of hydrogen-bond acceptors (Lipinski definition) is 8. The van der Waals surface area contributed by atoms with E-state index in [2.05, 4.69) is 94.1 Å². The van der Waals surface area contributed by atoms with Crippen molar-refractivity contribution in [3.8, 4) is 11.1 Å². The van der Waals surface area contributed by atoms with Crippen molar-refractivity contribution in [2.24, 2.45) is 5.92 Å². The average Bonchev–Trinajstić information content (AvgIpc) is 3.27. The van der Waals surface area contributed by atoms with E-state index in [4.69, 9.17) is 14.2 Å². The molecular weight excluding hydrogens is 729 g/mol. The fourth-order valence-corrected chi connectivity index (χ4v) is 7.82. The Morgan fingerprint density at radius 1 is 0.724 bits per heavy atom. The number of aliphatic hydroxyl groups is 1. The molecule has 302 valence electrons. The first-order valence-corrected chi connectivity index (χ1v) is 20.2. The Hall–Kier alpha value is -5.36. The van der Waals surface area contributed by atoms with Crippen LogP contribution in [0.1, 0.15) is 52.7 Å². The van der Waals surface area contributed by atoms with Gasteiger partial charge in [-0.2, -0.15) is 0 Å². The molecule has 2 amide bonds. The second-order valence-electron chi connectivity index (χ2n) is 15.3. The first-order valence-electron chi connectivity index (χ1n) is 20.2. The largest absolute Gasteiger partial charge is 0.467 e. The highest BCUT2D eigenvalue weighted by Gasteiger charge is 2.39. The van der Waals surface area contributed by atoms with Crippen LogP contribution in [0.3, 0.4) is 0 Å². The number of benzene rings is 5. The number of ether oxygens (including phenoxy) is 3. The highest BCUT2D eigenvalue weighted by atomic mass is 16.7. The van der Waals surface area contributed by atoms with E-state index in [0.29, 0.717) is 6.42 Å². The summed E-state index contributed by atoms with van der Waals surface area (Å²) >= 11 is 0. The summed E-state index contributed by atoms with van der Waals surface area (Å²) in [5, 5.41) is 15.3. The number of esters is 1. The number of nitrogens with zero attached hydrogens (tertiary/aromatic N) is 2. The number of carbonyl (C=O) groups is 2. The lowest BCUT2D eigenvalue weighted by Gasteiger charge is -2.44. The molecule has 2 fully saturated rings. The van der Waals surface area contributed by atoms with E-state index in [9.17, 15) is 14.7 Å². The van der Waals surface area contributed by atoms with Gasteiger partial charge in [0, 0.05) is 63.7 Å². The van der Waals surface area contributed by atoms with E-state index < -0.39 is 24.3 Å². The minimum absolute atomic E-state index is 0.000271. The molecule has 0 bridgehead atoms. The van der Waals surface area contributed by atoms with Crippen LogP contribution in [-0.4, -0.2) is 78.9 Å². The van der Waals surface area contributed by atoms with Crippen molar-refractivity contribution in [2.45, 2.75) is 57.6 Å². The highest BCUT2D eigenvalue weighted by molar-refractivity contribution is 5.83. The van der Waals surface area contributed by atoms with E-state index in [1.165, 1.54) is 12.7 Å². The summed E-state index contributed by atoms with van der Waals surface area (Å²) in [7, 11) is 1.32. The summed E-state index contributed by atoms with van der Waals surface area (Å²) in [6.07, 6.45) is -0.460. The average molecular weight is 783 g/mol. The number of amides is 2. The number of methoxy groups -OCH3 is 1. The Labute approximate surface area is 341 Å². The third-order valence-electron chi connectivity index (χ3n) is 11.2. The van der Waals surface area contributed by atoms with Gasteiger partial charge in [0.15, 0.2) is 6.29 Å². The summed E-state index contributed by atoms with van der Waals surface area (Å²) < 4.78 is 18.5. The summed E-state index contributed by atoms with van der Waals surface area (Å²) in [6.45, 7) is 8.27. The molecule has 0 aromatic heterocycles. The van der Waals surface area contributed by atoms with Gasteiger partial charge in [-0.3, -0.25) is 9.80 Å². The molecule has 5 unspecified atom stereocenters. The SMILES string of the molecule is COC(=O)C(Cc1ccccc1)NC(=O)NCc1cccc(-c2ccc(C3OC(CN4CCN(Cc5ccccc5)CC4)C(C)C(c4ccc(CO)cc4)O3)cc2)c1. The van der Waals surface area contributed by atoms with Crippen LogP contribution in [0.5, 0.6) is 0 Å². The zero-order valence-corrected chi connectivity index (χ0v) is 33.3. The minimum Gasteiger partial charge on any atom is -0.467 e. The summed E-state index contributed by atoms with van der Waals surface area (Å²) in [5.74, 6) is -0.398. The predicted octanol–water partition coefficient (Wildman–Crippen LogP) is 7.04. The Balaban J connectivity index is 0.995. The van der Waals surface area contributed by atoms with Crippen molar-refractivity contribution in [1.29, 1.82) is 0 Å². The van der Waals surface area contributed by atoms with Crippen molar-refractivity contribution in [3.63, 3.8) is 0 Å². The fraction of sp³-hybridized carbons (Fsp3) is 0.333.